The maximum Gasteiger partial charge on any atom is 0.673 e. The van der Waals surface area contributed by atoms with Gasteiger partial charge in [-0.25, -0.2) is 18.3 Å². The topological polar surface area (TPSA) is 17.6 Å². The predicted molar refractivity (Wildman–Crippen MR) is 82.1 cm³/mol. The third kappa shape index (κ3) is 13.2. The molecule has 0 saturated carbocycles. The molecule has 0 atom stereocenters. The van der Waals surface area contributed by atoms with E-state index in [4.69, 9.17) is 0 Å². The van der Waals surface area contributed by atoms with Crippen LogP contribution in [0.3, 0.4) is 0 Å². The second-order valence-electron chi connectivity index (χ2n) is 4.64. The van der Waals surface area contributed by atoms with Gasteiger partial charge in [0.25, 0.3) is 0 Å². The molecule has 2 heterocycles. The van der Waals surface area contributed by atoms with Crippen molar-refractivity contribution < 1.29 is 43.4 Å². The Morgan fingerprint density at radius 1 is 0.750 bits per heavy atom. The summed E-state index contributed by atoms with van der Waals surface area (Å²) in [6, 6.07) is 0. The molecule has 24 heavy (non-hydrogen) atoms. The molecule has 140 valence electrons. The summed E-state index contributed by atoms with van der Waals surface area (Å²) in [5.41, 5.74) is 0. The Morgan fingerprint density at radius 3 is 1.17 bits per heavy atom. The minimum atomic E-state index is -6.00. The molecular formula is C14H26BBrF4N4. The molecule has 0 bridgehead atoms. The Kier molecular flexibility index (Phi) is 13.5. The molecule has 0 aromatic carbocycles. The number of hydrogen-bond acceptors (Lipinski definition) is 0. The van der Waals surface area contributed by atoms with Gasteiger partial charge in [-0.3, -0.25) is 0 Å². The fourth-order valence-corrected chi connectivity index (χ4v) is 1.63. The van der Waals surface area contributed by atoms with Crippen molar-refractivity contribution in [2.24, 2.45) is 0 Å². The van der Waals surface area contributed by atoms with E-state index in [-0.39, 0.29) is 17.0 Å². The van der Waals surface area contributed by atoms with Crippen molar-refractivity contribution in [2.75, 3.05) is 0 Å². The average molecular weight is 417 g/mol. The van der Waals surface area contributed by atoms with Crippen LogP contribution in [0.1, 0.15) is 27.7 Å². The van der Waals surface area contributed by atoms with Crippen molar-refractivity contribution in [2.45, 2.75) is 53.9 Å². The van der Waals surface area contributed by atoms with Gasteiger partial charge in [0.1, 0.15) is 24.8 Å². The van der Waals surface area contributed by atoms with E-state index in [1.807, 2.05) is 0 Å². The Bertz CT molecular complexity index is 458. The van der Waals surface area contributed by atoms with E-state index >= 15 is 0 Å². The molecule has 0 aliphatic rings. The lowest BCUT2D eigenvalue weighted by Gasteiger charge is -1.94. The molecule has 0 aliphatic carbocycles. The first-order chi connectivity index (χ1) is 10.7. The van der Waals surface area contributed by atoms with Crippen molar-refractivity contribution in [3.8, 4) is 0 Å². The third-order valence-corrected chi connectivity index (χ3v) is 2.95. The van der Waals surface area contributed by atoms with Crippen molar-refractivity contribution in [3.05, 3.63) is 37.4 Å². The Labute approximate surface area is 151 Å². The van der Waals surface area contributed by atoms with Gasteiger partial charge in [-0.05, 0) is 27.7 Å². The number of aromatic nitrogens is 4. The Balaban J connectivity index is 0. The van der Waals surface area contributed by atoms with Gasteiger partial charge in [0.2, 0.25) is 12.7 Å². The summed E-state index contributed by atoms with van der Waals surface area (Å²) in [7, 11) is -6.00. The molecule has 2 aromatic rings. The summed E-state index contributed by atoms with van der Waals surface area (Å²) >= 11 is 0. The number of hydrogen-bond donors (Lipinski definition) is 0. The van der Waals surface area contributed by atoms with Crippen LogP contribution in [0, 0.1) is 0 Å². The molecule has 0 aliphatic heterocycles. The molecule has 4 nitrogen and oxygen atoms in total. The number of nitrogens with zero attached hydrogens (tertiary/aromatic N) is 4. The van der Waals surface area contributed by atoms with Crippen molar-refractivity contribution in [1.82, 2.24) is 9.13 Å². The lowest BCUT2D eigenvalue weighted by Crippen LogP contribution is -3.00. The zero-order valence-electron chi connectivity index (χ0n) is 14.5. The fourth-order valence-electron chi connectivity index (χ4n) is 1.63. The monoisotopic (exact) mass is 416 g/mol. The van der Waals surface area contributed by atoms with Crippen LogP contribution in [0.15, 0.2) is 37.4 Å². The standard InChI is InChI=1S/2C7H13N2.BF4.BrH/c2*1-3-8-5-6-9(4-2)7-8;2-1(3,4)5;/h2*5-7H,3-4H2,1-2H3;;1H/q2*+1;-1;/p-1. The van der Waals surface area contributed by atoms with Gasteiger partial charge in [0.05, 0.1) is 26.2 Å². The third-order valence-electron chi connectivity index (χ3n) is 2.95. The first kappa shape index (κ1) is 24.9. The SMILES string of the molecule is CCn1cc[n+](CC)c1.CCn1cc[n+](CC)c1.F[B-](F)(F)F.[Br-]. The van der Waals surface area contributed by atoms with Crippen LogP contribution >= 0.6 is 0 Å². The van der Waals surface area contributed by atoms with E-state index in [1.54, 1.807) is 0 Å². The van der Waals surface area contributed by atoms with E-state index < -0.39 is 7.25 Å². The van der Waals surface area contributed by atoms with Crippen molar-refractivity contribution in [3.63, 3.8) is 0 Å². The summed E-state index contributed by atoms with van der Waals surface area (Å²) < 4.78 is 47.6. The number of halogens is 5. The first-order valence-corrected chi connectivity index (χ1v) is 7.70. The molecular weight excluding hydrogens is 391 g/mol. The van der Waals surface area contributed by atoms with Crippen LogP contribution in [0.2, 0.25) is 0 Å². The van der Waals surface area contributed by atoms with Crippen molar-refractivity contribution in [1.29, 1.82) is 0 Å². The summed E-state index contributed by atoms with van der Waals surface area (Å²) in [4.78, 5) is 0. The van der Waals surface area contributed by atoms with Gasteiger partial charge < -0.3 is 34.2 Å². The lowest BCUT2D eigenvalue weighted by molar-refractivity contribution is -0.693. The van der Waals surface area contributed by atoms with E-state index in [0.717, 1.165) is 26.2 Å². The minimum Gasteiger partial charge on any atom is -1.00 e. The van der Waals surface area contributed by atoms with Gasteiger partial charge in [0.15, 0.2) is 0 Å². The fraction of sp³-hybridized carbons (Fsp3) is 0.571. The van der Waals surface area contributed by atoms with Crippen LogP contribution in [-0.4, -0.2) is 16.4 Å². The quantitative estimate of drug-likeness (QED) is 0.377. The lowest BCUT2D eigenvalue weighted by atomic mass is 10.3. The smallest absolute Gasteiger partial charge is 0.673 e. The molecule has 2 rings (SSSR count). The van der Waals surface area contributed by atoms with Crippen LogP contribution < -0.4 is 26.1 Å². The number of imidazole rings is 2. The summed E-state index contributed by atoms with van der Waals surface area (Å²) in [5, 5.41) is 0. The molecule has 0 amide bonds. The predicted octanol–water partition coefficient (Wildman–Crippen LogP) is -0.0652. The van der Waals surface area contributed by atoms with Gasteiger partial charge in [-0.2, -0.15) is 0 Å². The van der Waals surface area contributed by atoms with E-state index in [0.29, 0.717) is 0 Å². The molecule has 10 heteroatoms. The average Bonchev–Trinajstić information content (AvgIpc) is 3.14. The van der Waals surface area contributed by atoms with E-state index in [9.17, 15) is 17.3 Å². The molecule has 0 radical (unpaired) electrons. The zero-order valence-corrected chi connectivity index (χ0v) is 16.1. The summed E-state index contributed by atoms with van der Waals surface area (Å²) in [6.45, 7) is 12.8. The van der Waals surface area contributed by atoms with Crippen LogP contribution in [-0.2, 0) is 26.2 Å². The van der Waals surface area contributed by atoms with Crippen LogP contribution in [0.25, 0.3) is 0 Å². The number of rotatable bonds is 4. The summed E-state index contributed by atoms with van der Waals surface area (Å²) in [6.07, 6.45) is 12.6. The molecule has 2 aromatic heterocycles. The van der Waals surface area contributed by atoms with Crippen LogP contribution in [0.5, 0.6) is 0 Å². The zero-order chi connectivity index (χ0) is 17.9. The molecule has 0 N–H and O–H groups in total. The maximum absolute atomic E-state index is 9.75. The van der Waals surface area contributed by atoms with Gasteiger partial charge in [-0.15, -0.1) is 0 Å². The van der Waals surface area contributed by atoms with Gasteiger partial charge >= 0.3 is 7.25 Å². The maximum atomic E-state index is 9.75. The highest BCUT2D eigenvalue weighted by Crippen LogP contribution is 2.06. The molecule has 0 fully saturated rings. The highest BCUT2D eigenvalue weighted by atomic mass is 79.9. The number of aryl methyl sites for hydroxylation is 4. The molecule has 0 saturated heterocycles. The minimum absolute atomic E-state index is 0. The Hall–Kier alpha value is -1.32. The highest BCUT2D eigenvalue weighted by molar-refractivity contribution is 6.50. The van der Waals surface area contributed by atoms with Gasteiger partial charge in [-0.1, -0.05) is 0 Å². The van der Waals surface area contributed by atoms with E-state index in [1.165, 1.54) is 0 Å². The second-order valence-corrected chi connectivity index (χ2v) is 4.64. The molecule has 0 spiro atoms. The molecule has 0 unspecified atom stereocenters. The highest BCUT2D eigenvalue weighted by Gasteiger charge is 2.20. The second kappa shape index (κ2) is 13.0. The van der Waals surface area contributed by atoms with Crippen LogP contribution in [0.4, 0.5) is 17.3 Å². The van der Waals surface area contributed by atoms with Crippen molar-refractivity contribution >= 4 is 7.25 Å². The summed E-state index contributed by atoms with van der Waals surface area (Å²) in [5.74, 6) is 0. The van der Waals surface area contributed by atoms with E-state index in [2.05, 4.69) is 83.4 Å². The normalized spacial score (nSPS) is 10.0. The largest absolute Gasteiger partial charge is 1.00 e. The Morgan fingerprint density at radius 2 is 1.04 bits per heavy atom. The first-order valence-electron chi connectivity index (χ1n) is 7.70. The van der Waals surface area contributed by atoms with Gasteiger partial charge in [0, 0.05) is 0 Å².